The van der Waals surface area contributed by atoms with Crippen LogP contribution in [0.1, 0.15) is 31.1 Å². The number of nitrogens with two attached hydrogens (primary N) is 3. The maximum Gasteiger partial charge on any atom is 0.145 e. The lowest BCUT2D eigenvalue weighted by atomic mass is 10.1. The van der Waals surface area contributed by atoms with Crippen LogP contribution >= 0.6 is 12.4 Å². The number of anilines is 4. The van der Waals surface area contributed by atoms with Crippen molar-refractivity contribution in [1.82, 2.24) is 9.78 Å². The smallest absolute Gasteiger partial charge is 0.145 e. The number of hydrogen-bond donors (Lipinski definition) is 5. The third-order valence-electron chi connectivity index (χ3n) is 3.54. The van der Waals surface area contributed by atoms with Gasteiger partial charge in [-0.15, -0.1) is 12.4 Å². The van der Waals surface area contributed by atoms with Gasteiger partial charge in [0.25, 0.3) is 0 Å². The van der Waals surface area contributed by atoms with Crippen molar-refractivity contribution in [2.45, 2.75) is 32.9 Å². The van der Waals surface area contributed by atoms with Gasteiger partial charge in [-0.05, 0) is 44.0 Å². The van der Waals surface area contributed by atoms with Crippen molar-refractivity contribution in [3.8, 4) is 0 Å². The molecule has 0 atom stereocenters. The summed E-state index contributed by atoms with van der Waals surface area (Å²) in [5.74, 6) is 0.491. The third-order valence-corrected chi connectivity index (χ3v) is 3.54. The summed E-state index contributed by atoms with van der Waals surface area (Å²) in [6, 6.07) is 5.78. The first-order chi connectivity index (χ1) is 10.4. The molecule has 0 bridgehead atoms. The lowest BCUT2D eigenvalue weighted by molar-refractivity contribution is 0.300. The molecule has 1 aromatic carbocycles. The molecular formula is C15H25ClN6O. The molecule has 0 radical (unpaired) electrons. The quantitative estimate of drug-likeness (QED) is 0.510. The standard InChI is InChI=1S/C15H24N6O.ClH/c1-9(2)21-15(18)14(17)13(20-21)8-19-11-3-4-12(16)10(7-11)5-6-22;/h3-4,7,9,19,22H,5-6,8,16-18H2,1-2H3;1H. The van der Waals surface area contributed by atoms with Crippen molar-refractivity contribution in [2.24, 2.45) is 0 Å². The summed E-state index contributed by atoms with van der Waals surface area (Å²) in [6.07, 6.45) is 0.526. The number of hydrogen-bond acceptors (Lipinski definition) is 6. The summed E-state index contributed by atoms with van der Waals surface area (Å²) in [5, 5.41) is 16.7. The molecule has 0 saturated carbocycles. The zero-order valence-corrected chi connectivity index (χ0v) is 14.2. The fraction of sp³-hybridized carbons (Fsp3) is 0.400. The van der Waals surface area contributed by atoms with Crippen LogP contribution in [0, 0.1) is 0 Å². The summed E-state index contributed by atoms with van der Waals surface area (Å²) in [6.45, 7) is 4.54. The van der Waals surface area contributed by atoms with Gasteiger partial charge in [-0.3, -0.25) is 0 Å². The number of nitrogens with zero attached hydrogens (tertiary/aromatic N) is 2. The Bertz CT molecular complexity index is 656. The molecule has 1 heterocycles. The van der Waals surface area contributed by atoms with E-state index in [0.717, 1.165) is 11.3 Å². The van der Waals surface area contributed by atoms with Gasteiger partial charge in [-0.2, -0.15) is 5.10 Å². The van der Waals surface area contributed by atoms with Crippen LogP contribution in [0.2, 0.25) is 0 Å². The minimum atomic E-state index is 0. The highest BCUT2D eigenvalue weighted by Gasteiger charge is 2.14. The number of halogens is 1. The molecule has 0 fully saturated rings. The Kier molecular flexibility index (Phi) is 6.53. The van der Waals surface area contributed by atoms with Gasteiger partial charge in [-0.1, -0.05) is 0 Å². The highest BCUT2D eigenvalue weighted by atomic mass is 35.5. The SMILES string of the molecule is CC(C)n1nc(CNc2ccc(N)c(CCO)c2)c(N)c1N.Cl. The zero-order chi connectivity index (χ0) is 16.3. The second-order valence-corrected chi connectivity index (χ2v) is 5.52. The van der Waals surface area contributed by atoms with Crippen LogP contribution in [-0.4, -0.2) is 21.5 Å². The van der Waals surface area contributed by atoms with Crippen LogP contribution in [0.15, 0.2) is 18.2 Å². The minimum Gasteiger partial charge on any atom is -0.399 e. The number of nitrogen functional groups attached to an aromatic ring is 3. The predicted octanol–water partition coefficient (Wildman–Crippen LogP) is 1.78. The lowest BCUT2D eigenvalue weighted by Crippen LogP contribution is -2.08. The van der Waals surface area contributed by atoms with Crippen LogP contribution in [0.4, 0.5) is 22.9 Å². The number of aliphatic hydroxyl groups excluding tert-OH is 1. The topological polar surface area (TPSA) is 128 Å². The molecule has 0 aliphatic carbocycles. The Labute approximate surface area is 142 Å². The van der Waals surface area contributed by atoms with Crippen molar-refractivity contribution >= 4 is 35.3 Å². The van der Waals surface area contributed by atoms with Gasteiger partial charge in [-0.25, -0.2) is 4.68 Å². The molecule has 128 valence electrons. The van der Waals surface area contributed by atoms with E-state index in [1.54, 1.807) is 4.68 Å². The van der Waals surface area contributed by atoms with Crippen molar-refractivity contribution in [3.05, 3.63) is 29.5 Å². The maximum absolute atomic E-state index is 9.05. The molecule has 8 heteroatoms. The van der Waals surface area contributed by atoms with E-state index >= 15 is 0 Å². The first-order valence-corrected chi connectivity index (χ1v) is 7.29. The zero-order valence-electron chi connectivity index (χ0n) is 13.4. The molecular weight excluding hydrogens is 316 g/mol. The van der Waals surface area contributed by atoms with E-state index in [-0.39, 0.29) is 25.1 Å². The van der Waals surface area contributed by atoms with Crippen molar-refractivity contribution in [1.29, 1.82) is 0 Å². The van der Waals surface area contributed by atoms with Gasteiger partial charge >= 0.3 is 0 Å². The monoisotopic (exact) mass is 340 g/mol. The molecule has 2 aromatic rings. The molecule has 0 unspecified atom stereocenters. The van der Waals surface area contributed by atoms with E-state index in [9.17, 15) is 0 Å². The Hall–Kier alpha value is -2.12. The van der Waals surface area contributed by atoms with Gasteiger partial charge in [0, 0.05) is 24.0 Å². The first-order valence-electron chi connectivity index (χ1n) is 7.29. The number of aliphatic hydroxyl groups is 1. The summed E-state index contributed by atoms with van der Waals surface area (Å²) in [7, 11) is 0. The summed E-state index contributed by atoms with van der Waals surface area (Å²) in [5.41, 5.74) is 21.5. The third kappa shape index (κ3) is 4.20. The van der Waals surface area contributed by atoms with Crippen molar-refractivity contribution in [2.75, 3.05) is 29.1 Å². The van der Waals surface area contributed by atoms with E-state index in [1.807, 2.05) is 32.0 Å². The normalized spacial score (nSPS) is 10.6. The van der Waals surface area contributed by atoms with Crippen molar-refractivity contribution in [3.63, 3.8) is 0 Å². The first kappa shape index (κ1) is 18.9. The molecule has 0 aliphatic rings. The van der Waals surface area contributed by atoms with Crippen LogP contribution < -0.4 is 22.5 Å². The molecule has 0 spiro atoms. The summed E-state index contributed by atoms with van der Waals surface area (Å²) < 4.78 is 1.71. The van der Waals surface area contributed by atoms with Crippen LogP contribution in [0.25, 0.3) is 0 Å². The lowest BCUT2D eigenvalue weighted by Gasteiger charge is -2.09. The van der Waals surface area contributed by atoms with E-state index in [2.05, 4.69) is 10.4 Å². The maximum atomic E-state index is 9.05. The van der Waals surface area contributed by atoms with Crippen LogP contribution in [-0.2, 0) is 13.0 Å². The van der Waals surface area contributed by atoms with Gasteiger partial charge in [0.2, 0.25) is 0 Å². The fourth-order valence-corrected chi connectivity index (χ4v) is 2.27. The van der Waals surface area contributed by atoms with Crippen LogP contribution in [0.5, 0.6) is 0 Å². The van der Waals surface area contributed by atoms with E-state index in [4.69, 9.17) is 22.3 Å². The Balaban J connectivity index is 0.00000264. The average molecular weight is 341 g/mol. The molecule has 0 amide bonds. The number of rotatable bonds is 6. The van der Waals surface area contributed by atoms with E-state index in [1.165, 1.54) is 0 Å². The Morgan fingerprint density at radius 2 is 1.96 bits per heavy atom. The predicted molar refractivity (Wildman–Crippen MR) is 97.7 cm³/mol. The largest absolute Gasteiger partial charge is 0.399 e. The molecule has 23 heavy (non-hydrogen) atoms. The molecule has 2 rings (SSSR count). The van der Waals surface area contributed by atoms with Crippen molar-refractivity contribution < 1.29 is 5.11 Å². The Morgan fingerprint density at radius 1 is 1.26 bits per heavy atom. The fourth-order valence-electron chi connectivity index (χ4n) is 2.27. The van der Waals surface area contributed by atoms with Crippen LogP contribution in [0.3, 0.4) is 0 Å². The summed E-state index contributed by atoms with van der Waals surface area (Å²) in [4.78, 5) is 0. The summed E-state index contributed by atoms with van der Waals surface area (Å²) >= 11 is 0. The number of aromatic nitrogens is 2. The molecule has 8 N–H and O–H groups in total. The molecule has 7 nitrogen and oxygen atoms in total. The van der Waals surface area contributed by atoms with Gasteiger partial charge in [0.05, 0.1) is 12.2 Å². The van der Waals surface area contributed by atoms with Gasteiger partial charge in [0.15, 0.2) is 0 Å². The molecule has 1 aromatic heterocycles. The second kappa shape index (κ2) is 7.94. The van der Waals surface area contributed by atoms with E-state index < -0.39 is 0 Å². The molecule has 0 saturated heterocycles. The highest BCUT2D eigenvalue weighted by molar-refractivity contribution is 5.85. The highest BCUT2D eigenvalue weighted by Crippen LogP contribution is 2.24. The minimum absolute atomic E-state index is 0. The Morgan fingerprint density at radius 3 is 2.52 bits per heavy atom. The molecule has 0 aliphatic heterocycles. The second-order valence-electron chi connectivity index (χ2n) is 5.52. The average Bonchev–Trinajstić information content (AvgIpc) is 2.76. The van der Waals surface area contributed by atoms with E-state index in [0.29, 0.717) is 35.9 Å². The van der Waals surface area contributed by atoms with Gasteiger partial charge in [0.1, 0.15) is 11.5 Å². The number of benzene rings is 1. The van der Waals surface area contributed by atoms with Gasteiger partial charge < -0.3 is 27.6 Å². The number of nitrogens with one attached hydrogen (secondary N) is 1.